The number of piperazine rings is 1. The van der Waals surface area contributed by atoms with Crippen molar-refractivity contribution in [3.63, 3.8) is 0 Å². The minimum Gasteiger partial charge on any atom is -0.489 e. The summed E-state index contributed by atoms with van der Waals surface area (Å²) in [6.45, 7) is 8.45. The summed E-state index contributed by atoms with van der Waals surface area (Å²) in [5.74, 6) is -0.247. The van der Waals surface area contributed by atoms with E-state index < -0.39 is 29.7 Å². The van der Waals surface area contributed by atoms with Crippen LogP contribution in [-0.2, 0) is 4.74 Å². The van der Waals surface area contributed by atoms with E-state index in [9.17, 15) is 19.5 Å². The van der Waals surface area contributed by atoms with Gasteiger partial charge in [-0.15, -0.1) is 0 Å². The average molecular weight is 632 g/mol. The third kappa shape index (κ3) is 5.58. The minimum atomic E-state index is -1.08. The molecule has 2 amide bonds. The highest BCUT2D eigenvalue weighted by molar-refractivity contribution is 6.35. The highest BCUT2D eigenvalue weighted by atomic mass is 35.5. The Balaban J connectivity index is 1.47. The summed E-state index contributed by atoms with van der Waals surface area (Å²) in [5.41, 5.74) is -0.923. The van der Waals surface area contributed by atoms with Crippen molar-refractivity contribution < 1.29 is 38.1 Å². The SMILES string of the molecule is CN1CC2CN(c3nc(-c4c(F)cccc4OC(=O)OC(C)(C)C)c(Cl)c4c3C(=O)N3CCN(C(=O)O)C[C@@H]3CO4)CC2C1. The monoisotopic (exact) mass is 631 g/mol. The summed E-state index contributed by atoms with van der Waals surface area (Å²) in [4.78, 5) is 50.5. The van der Waals surface area contributed by atoms with E-state index in [1.165, 1.54) is 23.1 Å². The molecular weight excluding hydrogens is 597 g/mol. The van der Waals surface area contributed by atoms with E-state index in [0.29, 0.717) is 30.7 Å². The molecule has 4 aliphatic rings. The lowest BCUT2D eigenvalue weighted by atomic mass is 10.0. The number of carboxylic acid groups (broad SMARTS) is 1. The van der Waals surface area contributed by atoms with Crippen molar-refractivity contribution in [3.05, 3.63) is 34.6 Å². The molecule has 1 aromatic carbocycles. The van der Waals surface area contributed by atoms with Crippen LogP contribution >= 0.6 is 11.6 Å². The Morgan fingerprint density at radius 1 is 1.09 bits per heavy atom. The molecule has 2 aromatic rings. The Hall–Kier alpha value is -3.84. The van der Waals surface area contributed by atoms with Crippen LogP contribution in [0.15, 0.2) is 18.2 Å². The van der Waals surface area contributed by atoms with E-state index in [1.807, 2.05) is 4.90 Å². The topological polar surface area (TPSA) is 125 Å². The van der Waals surface area contributed by atoms with Crippen LogP contribution in [0.4, 0.5) is 19.8 Å². The molecule has 12 nitrogen and oxygen atoms in total. The Kier molecular flexibility index (Phi) is 7.73. The number of hydrogen-bond donors (Lipinski definition) is 1. The quantitative estimate of drug-likeness (QED) is 0.392. The maximum Gasteiger partial charge on any atom is 0.514 e. The van der Waals surface area contributed by atoms with Crippen molar-refractivity contribution in [2.45, 2.75) is 32.4 Å². The number of carbonyl (C=O) groups excluding carboxylic acids is 2. The van der Waals surface area contributed by atoms with Crippen LogP contribution in [0.3, 0.4) is 0 Å². The number of pyridine rings is 1. The normalized spacial score (nSPS) is 23.5. The van der Waals surface area contributed by atoms with Crippen molar-refractivity contribution in [1.82, 2.24) is 19.7 Å². The van der Waals surface area contributed by atoms with Crippen molar-refractivity contribution in [2.75, 3.05) is 64.4 Å². The maximum atomic E-state index is 15.7. The van der Waals surface area contributed by atoms with Crippen LogP contribution in [0.25, 0.3) is 11.3 Å². The molecule has 3 atom stereocenters. The number of rotatable bonds is 3. The standard InChI is InChI=1S/C30H35ClFN5O7/c1-30(2,3)44-29(41)43-20-7-5-6-19(32)21(20)24-23(31)25-22(26(33-24)36-12-16-10-34(4)11-17(16)13-36)27(38)37-9-8-35(28(39)40)14-18(37)15-42-25/h5-7,16-18H,8-15H2,1-4H3,(H,39,40)/t16?,17?,18-/m1/s1. The number of ether oxygens (including phenoxy) is 3. The first kappa shape index (κ1) is 30.2. The van der Waals surface area contributed by atoms with E-state index in [0.717, 1.165) is 13.1 Å². The van der Waals surface area contributed by atoms with Gasteiger partial charge < -0.3 is 38.9 Å². The molecule has 1 N–H and O–H groups in total. The van der Waals surface area contributed by atoms with Crippen molar-refractivity contribution in [2.24, 2.45) is 11.8 Å². The Morgan fingerprint density at radius 2 is 1.80 bits per heavy atom. The van der Waals surface area contributed by atoms with E-state index in [4.69, 9.17) is 30.8 Å². The zero-order valence-electron chi connectivity index (χ0n) is 25.0. The third-order valence-electron chi connectivity index (χ3n) is 8.49. The lowest BCUT2D eigenvalue weighted by Crippen LogP contribution is -2.57. The highest BCUT2D eigenvalue weighted by Gasteiger charge is 2.45. The van der Waals surface area contributed by atoms with E-state index in [1.54, 1.807) is 25.7 Å². The largest absolute Gasteiger partial charge is 0.514 e. The lowest BCUT2D eigenvalue weighted by molar-refractivity contribution is 0.0206. The van der Waals surface area contributed by atoms with Gasteiger partial charge in [0.15, 0.2) is 5.75 Å². The fraction of sp³-hybridized carbons (Fsp3) is 0.533. The van der Waals surface area contributed by atoms with Crippen LogP contribution in [0, 0.1) is 17.7 Å². The van der Waals surface area contributed by atoms with Gasteiger partial charge in [-0.05, 0) is 51.8 Å². The van der Waals surface area contributed by atoms with Gasteiger partial charge >= 0.3 is 12.2 Å². The summed E-state index contributed by atoms with van der Waals surface area (Å²) in [6.07, 6.45) is -2.11. The predicted molar refractivity (Wildman–Crippen MR) is 158 cm³/mol. The van der Waals surface area contributed by atoms with E-state index in [2.05, 4.69) is 11.9 Å². The number of likely N-dealkylation sites (tertiary alicyclic amines) is 1. The molecule has 1 aromatic heterocycles. The van der Waals surface area contributed by atoms with Crippen LogP contribution in [-0.4, -0.2) is 114 Å². The van der Waals surface area contributed by atoms with E-state index >= 15 is 4.39 Å². The van der Waals surface area contributed by atoms with Gasteiger partial charge in [0, 0.05) is 45.8 Å². The summed E-state index contributed by atoms with van der Waals surface area (Å²) in [7, 11) is 2.08. The number of halogens is 2. The van der Waals surface area contributed by atoms with Crippen LogP contribution in [0.2, 0.25) is 5.02 Å². The first-order valence-corrected chi connectivity index (χ1v) is 15.0. The second kappa shape index (κ2) is 11.3. The number of anilines is 1. The van der Waals surface area contributed by atoms with Crippen molar-refractivity contribution in [3.8, 4) is 22.8 Å². The van der Waals surface area contributed by atoms with Gasteiger partial charge in [-0.25, -0.2) is 19.0 Å². The molecule has 0 aliphatic carbocycles. The molecule has 3 saturated heterocycles. The molecule has 0 bridgehead atoms. The molecule has 2 unspecified atom stereocenters. The molecular formula is C30H35ClFN5O7. The van der Waals surface area contributed by atoms with Crippen LogP contribution in [0.1, 0.15) is 31.1 Å². The Morgan fingerprint density at radius 3 is 2.45 bits per heavy atom. The molecule has 0 spiro atoms. The third-order valence-corrected chi connectivity index (χ3v) is 8.84. The smallest absolute Gasteiger partial charge is 0.489 e. The molecule has 5 heterocycles. The molecule has 4 aliphatic heterocycles. The van der Waals surface area contributed by atoms with Gasteiger partial charge in [0.05, 0.1) is 11.6 Å². The number of carbonyl (C=O) groups is 3. The van der Waals surface area contributed by atoms with Crippen LogP contribution in [0.5, 0.6) is 11.5 Å². The predicted octanol–water partition coefficient (Wildman–Crippen LogP) is 4.05. The lowest BCUT2D eigenvalue weighted by Gasteiger charge is -2.38. The second-order valence-corrected chi connectivity index (χ2v) is 13.2. The Labute approximate surface area is 259 Å². The molecule has 44 heavy (non-hydrogen) atoms. The van der Waals surface area contributed by atoms with Gasteiger partial charge in [0.1, 0.15) is 45.9 Å². The number of hydrogen-bond acceptors (Lipinski definition) is 9. The van der Waals surface area contributed by atoms with E-state index in [-0.39, 0.29) is 65.5 Å². The highest BCUT2D eigenvalue weighted by Crippen LogP contribution is 2.47. The zero-order chi connectivity index (χ0) is 31.5. The summed E-state index contributed by atoms with van der Waals surface area (Å²) < 4.78 is 32.6. The molecule has 0 radical (unpaired) electrons. The number of benzene rings is 1. The molecule has 236 valence electrons. The summed E-state index contributed by atoms with van der Waals surface area (Å²) in [5, 5.41) is 9.45. The number of nitrogens with zero attached hydrogens (tertiary/aromatic N) is 5. The fourth-order valence-electron chi connectivity index (χ4n) is 6.60. The summed E-state index contributed by atoms with van der Waals surface area (Å²) >= 11 is 6.93. The minimum absolute atomic E-state index is 0.0281. The first-order chi connectivity index (χ1) is 20.8. The average Bonchev–Trinajstić information content (AvgIpc) is 3.44. The van der Waals surface area contributed by atoms with Gasteiger partial charge in [-0.2, -0.15) is 0 Å². The number of aromatic nitrogens is 1. The molecule has 6 rings (SSSR count). The molecule has 3 fully saturated rings. The van der Waals surface area contributed by atoms with Gasteiger partial charge in [-0.1, -0.05) is 17.7 Å². The summed E-state index contributed by atoms with van der Waals surface area (Å²) in [6, 6.07) is 3.44. The van der Waals surface area contributed by atoms with Gasteiger partial charge in [0.2, 0.25) is 0 Å². The maximum absolute atomic E-state index is 15.7. The van der Waals surface area contributed by atoms with Gasteiger partial charge in [-0.3, -0.25) is 4.79 Å². The molecule has 0 saturated carbocycles. The number of amides is 2. The Bertz CT molecular complexity index is 1500. The first-order valence-electron chi connectivity index (χ1n) is 14.6. The number of fused-ring (bicyclic) bond motifs is 3. The van der Waals surface area contributed by atoms with Crippen molar-refractivity contribution >= 4 is 35.6 Å². The van der Waals surface area contributed by atoms with Crippen molar-refractivity contribution in [1.29, 1.82) is 0 Å². The van der Waals surface area contributed by atoms with Crippen LogP contribution < -0.4 is 14.4 Å². The van der Waals surface area contributed by atoms with Gasteiger partial charge in [0.25, 0.3) is 5.91 Å². The molecule has 14 heteroatoms. The second-order valence-electron chi connectivity index (χ2n) is 12.8. The zero-order valence-corrected chi connectivity index (χ0v) is 25.8. The fourth-order valence-corrected chi connectivity index (χ4v) is 6.88.